The van der Waals surface area contributed by atoms with Crippen LogP contribution in [-0.2, 0) is 9.59 Å². The number of allylic oxidation sites excluding steroid dienone is 1. The van der Waals surface area contributed by atoms with Gasteiger partial charge >= 0.3 is 5.97 Å². The Morgan fingerprint density at radius 2 is 2.03 bits per heavy atom. The summed E-state index contributed by atoms with van der Waals surface area (Å²) in [6.45, 7) is 4.46. The van der Waals surface area contributed by atoms with Crippen LogP contribution in [0.3, 0.4) is 0 Å². The molecule has 0 bridgehead atoms. The van der Waals surface area contributed by atoms with E-state index in [1.807, 2.05) is 36.9 Å². The van der Waals surface area contributed by atoms with Gasteiger partial charge < -0.3 is 20.2 Å². The van der Waals surface area contributed by atoms with Crippen LogP contribution in [0.15, 0.2) is 29.5 Å². The zero-order valence-electron chi connectivity index (χ0n) is 18.2. The number of carbonyl (C=O) groups is 2. The van der Waals surface area contributed by atoms with E-state index in [9.17, 15) is 23.5 Å². The van der Waals surface area contributed by atoms with Gasteiger partial charge in [-0.2, -0.15) is 0 Å². The van der Waals surface area contributed by atoms with E-state index in [0.717, 1.165) is 23.2 Å². The van der Waals surface area contributed by atoms with Gasteiger partial charge in [0.05, 0.1) is 6.54 Å². The van der Waals surface area contributed by atoms with E-state index in [4.69, 9.17) is 5.41 Å². The minimum Gasteiger partial charge on any atom is -0.477 e. The normalized spacial score (nSPS) is 24.6. The number of alkyl halides is 2. The molecule has 0 aromatic heterocycles. The van der Waals surface area contributed by atoms with Crippen molar-refractivity contribution in [3.05, 3.63) is 40.6 Å². The second kappa shape index (κ2) is 8.52. The van der Waals surface area contributed by atoms with Gasteiger partial charge in [0.2, 0.25) is 5.91 Å². The van der Waals surface area contributed by atoms with Crippen LogP contribution in [0.25, 0.3) is 0 Å². The third-order valence-corrected chi connectivity index (χ3v) is 6.97. The maximum absolute atomic E-state index is 13.9. The fraction of sp³-hybridized carbons (Fsp3) is 0.522. The second-order valence-corrected chi connectivity index (χ2v) is 8.89. The largest absolute Gasteiger partial charge is 0.477 e. The fourth-order valence-corrected chi connectivity index (χ4v) is 4.96. The Morgan fingerprint density at radius 3 is 2.72 bits per heavy atom. The molecule has 4 rings (SSSR count). The topological polar surface area (TPSA) is 96.7 Å². The van der Waals surface area contributed by atoms with Crippen molar-refractivity contribution in [3.8, 4) is 0 Å². The first-order chi connectivity index (χ1) is 15.2. The summed E-state index contributed by atoms with van der Waals surface area (Å²) < 4.78 is 27.8. The van der Waals surface area contributed by atoms with Crippen LogP contribution in [0.4, 0.5) is 14.5 Å². The summed E-state index contributed by atoms with van der Waals surface area (Å²) in [7, 11) is 0. The van der Waals surface area contributed by atoms with Gasteiger partial charge in [0, 0.05) is 36.6 Å². The van der Waals surface area contributed by atoms with Crippen molar-refractivity contribution < 1.29 is 23.5 Å². The SMILES string of the molecule is Cc1cccc(N2CCN(C(=O)CNC3=C(C(=N)C(=O)O)[C@@H]4C[C@@H]4C3)C(C(F)F)C2)c1C. The molecule has 32 heavy (non-hydrogen) atoms. The zero-order valence-corrected chi connectivity index (χ0v) is 18.2. The molecule has 1 aliphatic heterocycles. The van der Waals surface area contributed by atoms with Crippen molar-refractivity contribution in [2.75, 3.05) is 31.1 Å². The number of nitrogens with one attached hydrogen (secondary N) is 2. The average Bonchev–Trinajstić information content (AvgIpc) is 3.43. The molecule has 9 heteroatoms. The van der Waals surface area contributed by atoms with Gasteiger partial charge in [-0.3, -0.25) is 10.2 Å². The number of hydrogen-bond acceptors (Lipinski definition) is 5. The van der Waals surface area contributed by atoms with Gasteiger partial charge in [-0.15, -0.1) is 0 Å². The quantitative estimate of drug-likeness (QED) is 0.560. The van der Waals surface area contributed by atoms with Crippen molar-refractivity contribution in [2.45, 2.75) is 39.2 Å². The number of carboxylic acid groups (broad SMARTS) is 1. The number of carbonyl (C=O) groups excluding carboxylic acids is 1. The van der Waals surface area contributed by atoms with E-state index in [1.165, 1.54) is 4.90 Å². The maximum Gasteiger partial charge on any atom is 0.354 e. The summed E-state index contributed by atoms with van der Waals surface area (Å²) in [6, 6.07) is 4.58. The Labute approximate surface area is 185 Å². The fourth-order valence-electron chi connectivity index (χ4n) is 4.96. The highest BCUT2D eigenvalue weighted by atomic mass is 19.3. The Morgan fingerprint density at radius 1 is 1.28 bits per heavy atom. The third-order valence-electron chi connectivity index (χ3n) is 6.97. The lowest BCUT2D eigenvalue weighted by Gasteiger charge is -2.42. The van der Waals surface area contributed by atoms with E-state index in [0.29, 0.717) is 30.2 Å². The first-order valence-corrected chi connectivity index (χ1v) is 10.9. The van der Waals surface area contributed by atoms with E-state index in [-0.39, 0.29) is 25.6 Å². The highest BCUT2D eigenvalue weighted by Crippen LogP contribution is 2.54. The van der Waals surface area contributed by atoms with Crippen LogP contribution in [0.1, 0.15) is 24.0 Å². The van der Waals surface area contributed by atoms with Gasteiger partial charge in [-0.25, -0.2) is 13.6 Å². The molecule has 3 aliphatic rings. The molecule has 1 amide bonds. The molecule has 1 saturated heterocycles. The van der Waals surface area contributed by atoms with Crippen LogP contribution >= 0.6 is 0 Å². The van der Waals surface area contributed by atoms with Crippen molar-refractivity contribution in [1.29, 1.82) is 5.41 Å². The number of piperazine rings is 1. The van der Waals surface area contributed by atoms with E-state index < -0.39 is 30.1 Å². The Balaban J connectivity index is 1.44. The summed E-state index contributed by atoms with van der Waals surface area (Å²) in [5.74, 6) is -1.35. The molecule has 1 unspecified atom stereocenters. The first-order valence-electron chi connectivity index (χ1n) is 10.9. The number of benzene rings is 1. The summed E-state index contributed by atoms with van der Waals surface area (Å²) >= 11 is 0. The van der Waals surface area contributed by atoms with Gasteiger partial charge in [0.25, 0.3) is 6.43 Å². The summed E-state index contributed by atoms with van der Waals surface area (Å²) in [4.78, 5) is 27.2. The molecule has 2 fully saturated rings. The highest BCUT2D eigenvalue weighted by molar-refractivity contribution is 6.41. The Bertz CT molecular complexity index is 993. The molecule has 7 nitrogen and oxygen atoms in total. The van der Waals surface area contributed by atoms with Crippen LogP contribution < -0.4 is 10.2 Å². The standard InChI is InChI=1S/C23H28F2N4O3/c1-12-4-3-5-17(13(12)2)28-6-7-29(18(11-28)22(24)25)19(30)10-27-16-9-14-8-15(14)20(16)21(26)23(31)32/h3-5,14-15,18,22,26-27H,6-11H2,1-2H3,(H,31,32)/t14-,15-,18?/m1/s1. The number of anilines is 1. The molecule has 172 valence electrons. The molecule has 0 spiro atoms. The predicted octanol–water partition coefficient (Wildman–Crippen LogP) is 2.57. The smallest absolute Gasteiger partial charge is 0.354 e. The van der Waals surface area contributed by atoms with Crippen molar-refractivity contribution in [3.63, 3.8) is 0 Å². The van der Waals surface area contributed by atoms with Gasteiger partial charge in [0.15, 0.2) is 0 Å². The van der Waals surface area contributed by atoms with Gasteiger partial charge in [-0.05, 0) is 55.7 Å². The summed E-state index contributed by atoms with van der Waals surface area (Å²) in [5.41, 5.74) is 3.65. The minimum absolute atomic E-state index is 0.0510. The van der Waals surface area contributed by atoms with E-state index in [2.05, 4.69) is 5.32 Å². The summed E-state index contributed by atoms with van der Waals surface area (Å²) in [6.07, 6.45) is -1.22. The number of hydrogen-bond donors (Lipinski definition) is 3. The predicted molar refractivity (Wildman–Crippen MR) is 116 cm³/mol. The van der Waals surface area contributed by atoms with Crippen LogP contribution in [0, 0.1) is 31.1 Å². The Kier molecular flexibility index (Phi) is 5.92. The monoisotopic (exact) mass is 446 g/mol. The molecule has 3 atom stereocenters. The summed E-state index contributed by atoms with van der Waals surface area (Å²) in [5, 5.41) is 20.0. The van der Waals surface area contributed by atoms with E-state index >= 15 is 0 Å². The minimum atomic E-state index is -2.68. The number of carboxylic acids is 1. The zero-order chi connectivity index (χ0) is 23.2. The number of fused-ring (bicyclic) bond motifs is 1. The highest BCUT2D eigenvalue weighted by Gasteiger charge is 2.49. The molecule has 1 heterocycles. The number of aliphatic carboxylic acids is 1. The van der Waals surface area contributed by atoms with Gasteiger partial charge in [-0.1, -0.05) is 12.1 Å². The third kappa shape index (κ3) is 4.08. The molecule has 3 N–H and O–H groups in total. The first kappa shape index (κ1) is 22.2. The molecule has 1 aromatic rings. The lowest BCUT2D eigenvalue weighted by molar-refractivity contribution is -0.136. The lowest BCUT2D eigenvalue weighted by Crippen LogP contribution is -2.59. The molecule has 0 radical (unpaired) electrons. The average molecular weight is 446 g/mol. The van der Waals surface area contributed by atoms with Gasteiger partial charge in [0.1, 0.15) is 11.8 Å². The van der Waals surface area contributed by atoms with Crippen LogP contribution in [0.5, 0.6) is 0 Å². The molecular weight excluding hydrogens is 418 g/mol. The molecular formula is C23H28F2N4O3. The van der Waals surface area contributed by atoms with Crippen molar-refractivity contribution in [2.24, 2.45) is 11.8 Å². The Hall–Kier alpha value is -2.97. The van der Waals surface area contributed by atoms with E-state index in [1.54, 1.807) is 0 Å². The number of amides is 1. The van der Waals surface area contributed by atoms with Crippen LogP contribution in [0.2, 0.25) is 0 Å². The maximum atomic E-state index is 13.9. The van der Waals surface area contributed by atoms with Crippen molar-refractivity contribution >= 4 is 23.3 Å². The second-order valence-electron chi connectivity index (χ2n) is 8.89. The molecule has 2 aliphatic carbocycles. The molecule has 1 aromatic carbocycles. The van der Waals surface area contributed by atoms with Crippen molar-refractivity contribution in [1.82, 2.24) is 10.2 Å². The number of nitrogens with zero attached hydrogens (tertiary/aromatic N) is 2. The van der Waals surface area contributed by atoms with Crippen LogP contribution in [-0.4, -0.2) is 66.2 Å². The molecule has 1 saturated carbocycles. The lowest BCUT2D eigenvalue weighted by atomic mass is 10.0. The number of rotatable bonds is 7. The number of halogens is 2. The number of aryl methyl sites for hydroxylation is 1.